The molecule has 0 saturated carbocycles. The Labute approximate surface area is 180 Å². The summed E-state index contributed by atoms with van der Waals surface area (Å²) in [5.74, 6) is 1.46. The first-order valence-corrected chi connectivity index (χ1v) is 9.66. The van der Waals surface area contributed by atoms with Gasteiger partial charge in [0.05, 0.1) is 25.9 Å². The zero-order valence-corrected chi connectivity index (χ0v) is 19.1. The molecule has 1 fully saturated rings. The van der Waals surface area contributed by atoms with E-state index >= 15 is 0 Å². The molecule has 1 unspecified atom stereocenters. The molecule has 1 aromatic carbocycles. The number of ether oxygens (including phenoxy) is 1. The molecule has 0 radical (unpaired) electrons. The lowest BCUT2D eigenvalue weighted by molar-refractivity contribution is -0.0284. The third-order valence-corrected chi connectivity index (χ3v) is 4.38. The van der Waals surface area contributed by atoms with Gasteiger partial charge in [0.1, 0.15) is 0 Å². The fraction of sp³-hybridized carbons (Fsp3) is 0.650. The van der Waals surface area contributed by atoms with Gasteiger partial charge in [0.15, 0.2) is 5.96 Å². The maximum absolute atomic E-state index is 9.45. The van der Waals surface area contributed by atoms with Gasteiger partial charge in [-0.2, -0.15) is 0 Å². The maximum atomic E-state index is 9.45. The summed E-state index contributed by atoms with van der Waals surface area (Å²) < 4.78 is 5.90. The van der Waals surface area contributed by atoms with Crippen LogP contribution in [0.5, 0.6) is 0 Å². The molecule has 7 heteroatoms. The van der Waals surface area contributed by atoms with Crippen molar-refractivity contribution in [1.29, 1.82) is 0 Å². The van der Waals surface area contributed by atoms with Gasteiger partial charge in [-0.05, 0) is 24.0 Å². The molecule has 27 heavy (non-hydrogen) atoms. The van der Waals surface area contributed by atoms with E-state index in [1.54, 1.807) is 0 Å². The van der Waals surface area contributed by atoms with Crippen LogP contribution in [0.15, 0.2) is 29.3 Å². The average Bonchev–Trinajstić information content (AvgIpc) is 2.64. The number of aliphatic hydroxyl groups is 1. The lowest BCUT2D eigenvalue weighted by Gasteiger charge is -2.34. The Balaban J connectivity index is 0.00000364. The minimum atomic E-state index is 0. The zero-order valence-electron chi connectivity index (χ0n) is 16.8. The largest absolute Gasteiger partial charge is 0.392 e. The van der Waals surface area contributed by atoms with Crippen LogP contribution in [0, 0.1) is 5.92 Å². The molecule has 1 saturated heterocycles. The molecule has 1 aromatic rings. The molecule has 2 rings (SSSR count). The summed E-state index contributed by atoms with van der Waals surface area (Å²) in [6, 6.07) is 7.85. The van der Waals surface area contributed by atoms with Crippen molar-refractivity contribution in [3.63, 3.8) is 0 Å². The van der Waals surface area contributed by atoms with Crippen molar-refractivity contribution >= 4 is 29.9 Å². The second kappa shape index (κ2) is 13.3. The van der Waals surface area contributed by atoms with Crippen molar-refractivity contribution in [1.82, 2.24) is 15.5 Å². The van der Waals surface area contributed by atoms with E-state index in [4.69, 9.17) is 4.74 Å². The summed E-state index contributed by atoms with van der Waals surface area (Å²) >= 11 is 0. The zero-order chi connectivity index (χ0) is 18.8. The Morgan fingerprint density at radius 1 is 1.30 bits per heavy atom. The molecule has 0 bridgehead atoms. The molecule has 0 aromatic heterocycles. The first-order chi connectivity index (χ1) is 12.6. The van der Waals surface area contributed by atoms with Crippen LogP contribution in [0.1, 0.15) is 31.9 Å². The first kappa shape index (κ1) is 24.1. The number of hydrogen-bond acceptors (Lipinski definition) is 4. The van der Waals surface area contributed by atoms with Crippen LogP contribution < -0.4 is 10.6 Å². The molecule has 154 valence electrons. The van der Waals surface area contributed by atoms with Gasteiger partial charge in [-0.3, -0.25) is 4.90 Å². The number of benzene rings is 1. The molecular formula is C20H35IN4O2. The number of guanidine groups is 1. The Morgan fingerprint density at radius 3 is 2.70 bits per heavy atom. The fourth-order valence-electron chi connectivity index (χ4n) is 3.17. The fourth-order valence-corrected chi connectivity index (χ4v) is 3.17. The SMILES string of the molecule is CCNC(=NCc1ccccc1CO)NCC1CN(CC(C)C)CCO1.I. The van der Waals surface area contributed by atoms with E-state index in [9.17, 15) is 5.11 Å². The maximum Gasteiger partial charge on any atom is 0.191 e. The number of nitrogens with one attached hydrogen (secondary N) is 2. The number of halogens is 1. The van der Waals surface area contributed by atoms with E-state index in [1.807, 2.05) is 24.3 Å². The summed E-state index contributed by atoms with van der Waals surface area (Å²) in [6.07, 6.45) is 0.177. The Morgan fingerprint density at radius 2 is 2.04 bits per heavy atom. The number of hydrogen-bond donors (Lipinski definition) is 3. The van der Waals surface area contributed by atoms with Crippen LogP contribution in [0.3, 0.4) is 0 Å². The summed E-state index contributed by atoms with van der Waals surface area (Å²) in [5.41, 5.74) is 1.97. The van der Waals surface area contributed by atoms with E-state index in [0.717, 1.165) is 56.4 Å². The quantitative estimate of drug-likeness (QED) is 0.296. The second-order valence-corrected chi connectivity index (χ2v) is 7.15. The smallest absolute Gasteiger partial charge is 0.191 e. The highest BCUT2D eigenvalue weighted by atomic mass is 127. The molecule has 0 aliphatic carbocycles. The molecule has 1 heterocycles. The van der Waals surface area contributed by atoms with Crippen molar-refractivity contribution in [3.05, 3.63) is 35.4 Å². The number of rotatable bonds is 8. The average molecular weight is 490 g/mol. The van der Waals surface area contributed by atoms with Crippen LogP contribution in [-0.4, -0.2) is 61.4 Å². The Bertz CT molecular complexity index is 569. The summed E-state index contributed by atoms with van der Waals surface area (Å²) in [6.45, 7) is 12.6. The first-order valence-electron chi connectivity index (χ1n) is 9.66. The molecular weight excluding hydrogens is 455 g/mol. The number of aliphatic hydroxyl groups excluding tert-OH is 1. The predicted octanol–water partition coefficient (Wildman–Crippen LogP) is 2.21. The van der Waals surface area contributed by atoms with E-state index in [0.29, 0.717) is 12.5 Å². The molecule has 3 N–H and O–H groups in total. The minimum Gasteiger partial charge on any atom is -0.392 e. The monoisotopic (exact) mass is 490 g/mol. The molecule has 1 aliphatic heterocycles. The Kier molecular flexibility index (Phi) is 11.9. The minimum absolute atomic E-state index is 0. The van der Waals surface area contributed by atoms with Crippen molar-refractivity contribution in [3.8, 4) is 0 Å². The van der Waals surface area contributed by atoms with E-state index in [-0.39, 0.29) is 36.7 Å². The highest BCUT2D eigenvalue weighted by Crippen LogP contribution is 2.10. The number of morpholine rings is 1. The molecule has 6 nitrogen and oxygen atoms in total. The second-order valence-electron chi connectivity index (χ2n) is 7.15. The van der Waals surface area contributed by atoms with Crippen LogP contribution >= 0.6 is 24.0 Å². The Hall–Kier alpha value is -0.900. The number of aliphatic imine (C=N–C) groups is 1. The van der Waals surface area contributed by atoms with Gasteiger partial charge in [0, 0.05) is 32.7 Å². The van der Waals surface area contributed by atoms with Crippen LogP contribution in [0.4, 0.5) is 0 Å². The highest BCUT2D eigenvalue weighted by Gasteiger charge is 2.21. The van der Waals surface area contributed by atoms with Gasteiger partial charge in [-0.25, -0.2) is 4.99 Å². The topological polar surface area (TPSA) is 69.1 Å². The third-order valence-electron chi connectivity index (χ3n) is 4.38. The summed E-state index contributed by atoms with van der Waals surface area (Å²) in [7, 11) is 0. The van der Waals surface area contributed by atoms with Gasteiger partial charge in [-0.1, -0.05) is 38.1 Å². The van der Waals surface area contributed by atoms with Crippen LogP contribution in [0.2, 0.25) is 0 Å². The van der Waals surface area contributed by atoms with E-state index < -0.39 is 0 Å². The summed E-state index contributed by atoms with van der Waals surface area (Å²) in [4.78, 5) is 7.13. The highest BCUT2D eigenvalue weighted by molar-refractivity contribution is 14.0. The van der Waals surface area contributed by atoms with E-state index in [2.05, 4.69) is 41.3 Å². The van der Waals surface area contributed by atoms with Crippen LogP contribution in [0.25, 0.3) is 0 Å². The van der Waals surface area contributed by atoms with Gasteiger partial charge in [0.25, 0.3) is 0 Å². The van der Waals surface area contributed by atoms with Gasteiger partial charge in [-0.15, -0.1) is 24.0 Å². The van der Waals surface area contributed by atoms with Gasteiger partial charge < -0.3 is 20.5 Å². The third kappa shape index (κ3) is 8.76. The lowest BCUT2D eigenvalue weighted by atomic mass is 10.1. The van der Waals surface area contributed by atoms with Gasteiger partial charge in [0.2, 0.25) is 0 Å². The van der Waals surface area contributed by atoms with Gasteiger partial charge >= 0.3 is 0 Å². The lowest BCUT2D eigenvalue weighted by Crippen LogP contribution is -2.50. The number of nitrogens with zero attached hydrogens (tertiary/aromatic N) is 2. The standard InChI is InChI=1S/C20H34N4O2.HI/c1-4-21-20(22-11-17-7-5-6-8-18(17)15-25)23-12-19-14-24(9-10-26-19)13-16(2)3;/h5-8,16,19,25H,4,9-15H2,1-3H3,(H2,21,22,23);1H. The van der Waals surface area contributed by atoms with Crippen molar-refractivity contribution < 1.29 is 9.84 Å². The van der Waals surface area contributed by atoms with E-state index in [1.165, 1.54) is 0 Å². The summed E-state index contributed by atoms with van der Waals surface area (Å²) in [5, 5.41) is 16.1. The molecule has 1 aliphatic rings. The normalized spacial score (nSPS) is 18.3. The predicted molar refractivity (Wildman–Crippen MR) is 122 cm³/mol. The van der Waals surface area contributed by atoms with Crippen molar-refractivity contribution in [2.45, 2.75) is 40.0 Å². The molecule has 1 atom stereocenters. The van der Waals surface area contributed by atoms with Crippen molar-refractivity contribution in [2.24, 2.45) is 10.9 Å². The van der Waals surface area contributed by atoms with Crippen LogP contribution in [-0.2, 0) is 17.9 Å². The molecule has 0 spiro atoms. The van der Waals surface area contributed by atoms with Crippen molar-refractivity contribution in [2.75, 3.05) is 39.3 Å². The molecule has 0 amide bonds.